The summed E-state index contributed by atoms with van der Waals surface area (Å²) in [4.78, 5) is 0. The van der Waals surface area contributed by atoms with Gasteiger partial charge in [-0.05, 0) is 56.0 Å². The predicted molar refractivity (Wildman–Crippen MR) is 74.6 cm³/mol. The first kappa shape index (κ1) is 12.2. The van der Waals surface area contributed by atoms with Crippen molar-refractivity contribution in [3.63, 3.8) is 0 Å². The molecule has 1 heterocycles. The molecule has 0 saturated heterocycles. The summed E-state index contributed by atoms with van der Waals surface area (Å²) in [5.74, 6) is 0.417. The Hall–Kier alpha value is -1.28. The van der Waals surface area contributed by atoms with Crippen LogP contribution in [0.2, 0.25) is 0 Å². The highest BCUT2D eigenvalue weighted by atomic mass is 14.9. The number of rotatable bonds is 2. The number of benzene rings is 1. The molecule has 2 heteroatoms. The molecule has 1 aromatic heterocycles. The predicted octanol–water partition coefficient (Wildman–Crippen LogP) is 3.17. The average molecular weight is 230 g/mol. The monoisotopic (exact) mass is 230 g/mol. The zero-order chi connectivity index (χ0) is 12.7. The number of aryl methyl sites for hydroxylation is 3. The quantitative estimate of drug-likeness (QED) is 0.844. The number of aromatic nitrogens is 1. The Kier molecular flexibility index (Phi) is 3.00. The molecule has 0 saturated carbocycles. The second-order valence-electron chi connectivity index (χ2n) is 5.17. The fraction of sp³-hybridized carbons (Fsp3) is 0.467. The Balaban J connectivity index is 2.89. The van der Waals surface area contributed by atoms with E-state index in [4.69, 9.17) is 5.73 Å². The fourth-order valence-electron chi connectivity index (χ4n) is 2.82. The molecule has 1 atom stereocenters. The smallest absolute Gasteiger partial charge is 0.0488 e. The van der Waals surface area contributed by atoms with Gasteiger partial charge >= 0.3 is 0 Å². The number of nitrogens with zero attached hydrogens (tertiary/aromatic N) is 1. The Morgan fingerprint density at radius 1 is 1.24 bits per heavy atom. The molecule has 2 aromatic rings. The lowest BCUT2D eigenvalue weighted by Gasteiger charge is -2.10. The van der Waals surface area contributed by atoms with Crippen molar-refractivity contribution < 1.29 is 0 Å². The van der Waals surface area contributed by atoms with Crippen LogP contribution in [0.25, 0.3) is 10.9 Å². The highest BCUT2D eigenvalue weighted by Gasteiger charge is 2.18. The van der Waals surface area contributed by atoms with Crippen molar-refractivity contribution in [2.75, 3.05) is 6.54 Å². The SMILES string of the molecule is Cc1cc(C)c2c(C(C)CN)c(C)n(C)c2c1. The van der Waals surface area contributed by atoms with E-state index >= 15 is 0 Å². The third-order valence-corrected chi connectivity index (χ3v) is 3.83. The first-order valence-corrected chi connectivity index (χ1v) is 6.23. The van der Waals surface area contributed by atoms with E-state index in [-0.39, 0.29) is 0 Å². The van der Waals surface area contributed by atoms with Crippen LogP contribution in [0.4, 0.5) is 0 Å². The van der Waals surface area contributed by atoms with Crippen molar-refractivity contribution >= 4 is 10.9 Å². The Labute approximate surface area is 103 Å². The standard InChI is InChI=1S/C15H22N2/c1-9-6-10(2)15-13(7-9)17(5)12(4)14(15)11(3)8-16/h6-7,11H,8,16H2,1-5H3. The minimum absolute atomic E-state index is 0.417. The second-order valence-corrected chi connectivity index (χ2v) is 5.17. The molecule has 1 aromatic carbocycles. The first-order chi connectivity index (χ1) is 7.97. The topological polar surface area (TPSA) is 30.9 Å². The highest BCUT2D eigenvalue weighted by Crippen LogP contribution is 2.33. The van der Waals surface area contributed by atoms with E-state index in [2.05, 4.69) is 51.4 Å². The molecule has 0 aliphatic rings. The molecule has 0 spiro atoms. The van der Waals surface area contributed by atoms with Gasteiger partial charge in [-0.3, -0.25) is 0 Å². The lowest BCUT2D eigenvalue weighted by atomic mass is 9.95. The van der Waals surface area contributed by atoms with Crippen LogP contribution in [0.5, 0.6) is 0 Å². The van der Waals surface area contributed by atoms with Gasteiger partial charge in [0.05, 0.1) is 0 Å². The minimum atomic E-state index is 0.417. The van der Waals surface area contributed by atoms with Crippen LogP contribution in [-0.4, -0.2) is 11.1 Å². The zero-order valence-electron chi connectivity index (χ0n) is 11.5. The number of hydrogen-bond donors (Lipinski definition) is 1. The molecule has 17 heavy (non-hydrogen) atoms. The summed E-state index contributed by atoms with van der Waals surface area (Å²) in [6, 6.07) is 4.52. The zero-order valence-corrected chi connectivity index (χ0v) is 11.5. The van der Waals surface area contributed by atoms with E-state index in [9.17, 15) is 0 Å². The normalized spacial score (nSPS) is 13.3. The molecule has 0 fully saturated rings. The van der Waals surface area contributed by atoms with Gasteiger partial charge in [0.2, 0.25) is 0 Å². The van der Waals surface area contributed by atoms with Crippen molar-refractivity contribution in [1.29, 1.82) is 0 Å². The van der Waals surface area contributed by atoms with Gasteiger partial charge in [0, 0.05) is 23.6 Å². The molecular formula is C15H22N2. The van der Waals surface area contributed by atoms with E-state index < -0.39 is 0 Å². The lowest BCUT2D eigenvalue weighted by molar-refractivity contribution is 0.760. The summed E-state index contributed by atoms with van der Waals surface area (Å²) in [7, 11) is 2.14. The van der Waals surface area contributed by atoms with E-state index in [0.717, 1.165) is 0 Å². The van der Waals surface area contributed by atoms with Gasteiger partial charge in [-0.15, -0.1) is 0 Å². The van der Waals surface area contributed by atoms with E-state index in [1.807, 2.05) is 0 Å². The Morgan fingerprint density at radius 3 is 2.47 bits per heavy atom. The van der Waals surface area contributed by atoms with E-state index in [1.54, 1.807) is 0 Å². The van der Waals surface area contributed by atoms with E-state index in [1.165, 1.54) is 33.3 Å². The van der Waals surface area contributed by atoms with Gasteiger partial charge in [0.15, 0.2) is 0 Å². The van der Waals surface area contributed by atoms with Crippen LogP contribution in [-0.2, 0) is 7.05 Å². The molecule has 0 radical (unpaired) electrons. The third kappa shape index (κ3) is 1.77. The molecule has 1 unspecified atom stereocenters. The lowest BCUT2D eigenvalue weighted by Crippen LogP contribution is -2.10. The first-order valence-electron chi connectivity index (χ1n) is 6.23. The average Bonchev–Trinajstić information content (AvgIpc) is 2.53. The van der Waals surface area contributed by atoms with Crippen molar-refractivity contribution in [2.24, 2.45) is 12.8 Å². The number of nitrogens with two attached hydrogens (primary N) is 1. The van der Waals surface area contributed by atoms with E-state index in [0.29, 0.717) is 12.5 Å². The van der Waals surface area contributed by atoms with Crippen LogP contribution >= 0.6 is 0 Å². The van der Waals surface area contributed by atoms with Gasteiger partial charge in [-0.2, -0.15) is 0 Å². The molecule has 0 amide bonds. The van der Waals surface area contributed by atoms with Crippen LogP contribution < -0.4 is 5.73 Å². The largest absolute Gasteiger partial charge is 0.348 e. The molecule has 2 rings (SSSR count). The molecular weight excluding hydrogens is 208 g/mol. The molecule has 0 bridgehead atoms. The van der Waals surface area contributed by atoms with Gasteiger partial charge in [-0.25, -0.2) is 0 Å². The fourth-order valence-corrected chi connectivity index (χ4v) is 2.82. The maximum atomic E-state index is 5.84. The molecule has 2 nitrogen and oxygen atoms in total. The van der Waals surface area contributed by atoms with Gasteiger partial charge in [0.1, 0.15) is 0 Å². The molecule has 2 N–H and O–H groups in total. The second kappa shape index (κ2) is 4.19. The summed E-state index contributed by atoms with van der Waals surface area (Å²) >= 11 is 0. The number of hydrogen-bond acceptors (Lipinski definition) is 1. The Morgan fingerprint density at radius 2 is 1.88 bits per heavy atom. The maximum Gasteiger partial charge on any atom is 0.0488 e. The van der Waals surface area contributed by atoms with Gasteiger partial charge in [0.25, 0.3) is 0 Å². The van der Waals surface area contributed by atoms with Crippen LogP contribution in [0, 0.1) is 20.8 Å². The van der Waals surface area contributed by atoms with Crippen LogP contribution in [0.3, 0.4) is 0 Å². The highest BCUT2D eigenvalue weighted by molar-refractivity contribution is 5.89. The summed E-state index contributed by atoms with van der Waals surface area (Å²) in [5, 5.41) is 1.40. The van der Waals surface area contributed by atoms with Gasteiger partial charge in [-0.1, -0.05) is 13.0 Å². The van der Waals surface area contributed by atoms with Crippen molar-refractivity contribution in [1.82, 2.24) is 4.57 Å². The third-order valence-electron chi connectivity index (χ3n) is 3.83. The minimum Gasteiger partial charge on any atom is -0.348 e. The summed E-state index contributed by atoms with van der Waals surface area (Å²) < 4.78 is 2.29. The summed E-state index contributed by atoms with van der Waals surface area (Å²) in [5.41, 5.74) is 12.6. The van der Waals surface area contributed by atoms with Crippen LogP contribution in [0.1, 0.15) is 35.2 Å². The van der Waals surface area contributed by atoms with Crippen molar-refractivity contribution in [3.8, 4) is 0 Å². The molecule has 0 aliphatic heterocycles. The summed E-state index contributed by atoms with van der Waals surface area (Å²) in [6.07, 6.45) is 0. The summed E-state index contributed by atoms with van der Waals surface area (Å²) in [6.45, 7) is 9.45. The molecule has 0 aliphatic carbocycles. The number of fused-ring (bicyclic) bond motifs is 1. The van der Waals surface area contributed by atoms with Crippen molar-refractivity contribution in [2.45, 2.75) is 33.6 Å². The molecule has 92 valence electrons. The van der Waals surface area contributed by atoms with Gasteiger partial charge < -0.3 is 10.3 Å². The maximum absolute atomic E-state index is 5.84. The van der Waals surface area contributed by atoms with Crippen molar-refractivity contribution in [3.05, 3.63) is 34.5 Å². The Bertz CT molecular complexity index is 564. The van der Waals surface area contributed by atoms with Crippen LogP contribution in [0.15, 0.2) is 12.1 Å².